The van der Waals surface area contributed by atoms with Crippen LogP contribution in [0, 0.1) is 11.3 Å². The molecule has 3 aliphatic rings. The molecule has 3 atom stereocenters. The van der Waals surface area contributed by atoms with E-state index in [1.54, 1.807) is 18.3 Å². The van der Waals surface area contributed by atoms with Crippen molar-refractivity contribution in [2.45, 2.75) is 44.2 Å². The van der Waals surface area contributed by atoms with Crippen LogP contribution in [0.5, 0.6) is 0 Å². The first-order valence-corrected chi connectivity index (χ1v) is 7.76. The summed E-state index contributed by atoms with van der Waals surface area (Å²) >= 11 is 0. The number of urea groups is 1. The summed E-state index contributed by atoms with van der Waals surface area (Å²) in [7, 11) is 0. The Morgan fingerprint density at radius 3 is 3.00 bits per heavy atom. The summed E-state index contributed by atoms with van der Waals surface area (Å²) in [5, 5.41) is 13.6. The van der Waals surface area contributed by atoms with Gasteiger partial charge in [-0.05, 0) is 31.4 Å². The minimum absolute atomic E-state index is 0.181. The second-order valence-electron chi connectivity index (χ2n) is 6.37. The molecule has 2 saturated carbocycles. The van der Waals surface area contributed by atoms with Gasteiger partial charge in [-0.2, -0.15) is 5.10 Å². The Balaban J connectivity index is 1.45. The molecule has 0 radical (unpaired) electrons. The smallest absolute Gasteiger partial charge is 0.320 e. The van der Waals surface area contributed by atoms with E-state index in [4.69, 9.17) is 4.74 Å². The van der Waals surface area contributed by atoms with E-state index in [1.165, 1.54) is 25.7 Å². The van der Waals surface area contributed by atoms with Crippen LogP contribution in [-0.2, 0) is 4.74 Å². The molecule has 1 aliphatic heterocycles. The molecule has 6 heteroatoms. The number of anilines is 1. The van der Waals surface area contributed by atoms with Crippen LogP contribution in [0.1, 0.15) is 32.1 Å². The highest BCUT2D eigenvalue weighted by molar-refractivity contribution is 5.88. The van der Waals surface area contributed by atoms with E-state index in [2.05, 4.69) is 20.8 Å². The molecule has 4 rings (SSSR count). The van der Waals surface area contributed by atoms with Gasteiger partial charge < -0.3 is 10.1 Å². The fraction of sp³-hybridized carbons (Fsp3) is 0.667. The van der Waals surface area contributed by atoms with Crippen LogP contribution >= 0.6 is 0 Å². The molecule has 3 fully saturated rings. The highest BCUT2D eigenvalue weighted by atomic mass is 16.5. The molecule has 2 heterocycles. The van der Waals surface area contributed by atoms with Gasteiger partial charge in [0.15, 0.2) is 5.82 Å². The van der Waals surface area contributed by atoms with Gasteiger partial charge in [0.1, 0.15) is 0 Å². The van der Waals surface area contributed by atoms with Crippen molar-refractivity contribution in [1.82, 2.24) is 15.5 Å². The maximum atomic E-state index is 12.2. The fourth-order valence-corrected chi connectivity index (χ4v) is 4.57. The summed E-state index contributed by atoms with van der Waals surface area (Å²) in [6, 6.07) is 3.55. The molecule has 21 heavy (non-hydrogen) atoms. The first-order chi connectivity index (χ1) is 10.3. The number of hydrogen-bond donors (Lipinski definition) is 2. The molecule has 0 bridgehead atoms. The molecular formula is C15H20N4O2. The summed E-state index contributed by atoms with van der Waals surface area (Å²) < 4.78 is 5.93. The van der Waals surface area contributed by atoms with Crippen LogP contribution in [0.2, 0.25) is 0 Å². The molecular weight excluding hydrogens is 268 g/mol. The highest BCUT2D eigenvalue weighted by Gasteiger charge is 2.65. The third-order valence-electron chi connectivity index (χ3n) is 5.39. The van der Waals surface area contributed by atoms with Gasteiger partial charge in [0, 0.05) is 30.2 Å². The molecule has 0 aromatic carbocycles. The number of aromatic nitrogens is 2. The molecule has 6 nitrogen and oxygen atoms in total. The van der Waals surface area contributed by atoms with Gasteiger partial charge >= 0.3 is 6.03 Å². The molecule has 2 aliphatic carbocycles. The number of amides is 2. The maximum absolute atomic E-state index is 12.2. The van der Waals surface area contributed by atoms with Crippen LogP contribution in [0.15, 0.2) is 18.3 Å². The molecule has 2 amide bonds. The molecule has 1 saturated heterocycles. The Kier molecular flexibility index (Phi) is 3.06. The summed E-state index contributed by atoms with van der Waals surface area (Å²) in [6.07, 6.45) is 7.84. The standard InChI is InChI=1S/C15H20N4O2/c20-14(17-11-4-3-8-16-19-11)18-12-10-5-9-21-13(10)15(12)6-1-2-7-15/h3-4,8,10,12-13H,1-2,5-7,9H2,(H2,17,18,19,20). The van der Waals surface area contributed by atoms with Crippen LogP contribution in [0.25, 0.3) is 0 Å². The van der Waals surface area contributed by atoms with Crippen LogP contribution in [0.4, 0.5) is 10.6 Å². The molecule has 3 unspecified atom stereocenters. The molecule has 112 valence electrons. The normalized spacial score (nSPS) is 32.5. The van der Waals surface area contributed by atoms with Crippen LogP contribution in [-0.4, -0.2) is 35.0 Å². The van der Waals surface area contributed by atoms with Crippen molar-refractivity contribution >= 4 is 11.8 Å². The van der Waals surface area contributed by atoms with Gasteiger partial charge in [0.25, 0.3) is 0 Å². The molecule has 1 aromatic rings. The minimum atomic E-state index is -0.183. The van der Waals surface area contributed by atoms with Crippen molar-refractivity contribution < 1.29 is 9.53 Å². The van der Waals surface area contributed by atoms with Crippen LogP contribution < -0.4 is 10.6 Å². The second kappa shape index (κ2) is 4.94. The van der Waals surface area contributed by atoms with Crippen molar-refractivity contribution in [2.24, 2.45) is 11.3 Å². The predicted molar refractivity (Wildman–Crippen MR) is 76.7 cm³/mol. The van der Waals surface area contributed by atoms with E-state index in [1.807, 2.05) is 0 Å². The number of carbonyl (C=O) groups excluding carboxylic acids is 1. The zero-order valence-electron chi connectivity index (χ0n) is 11.9. The fourth-order valence-electron chi connectivity index (χ4n) is 4.57. The van der Waals surface area contributed by atoms with E-state index < -0.39 is 0 Å². The number of ether oxygens (including phenoxy) is 1. The second-order valence-corrected chi connectivity index (χ2v) is 6.37. The van der Waals surface area contributed by atoms with Gasteiger partial charge in [-0.1, -0.05) is 12.8 Å². The van der Waals surface area contributed by atoms with E-state index >= 15 is 0 Å². The van der Waals surface area contributed by atoms with Crippen LogP contribution in [0.3, 0.4) is 0 Å². The number of hydrogen-bond acceptors (Lipinski definition) is 4. The van der Waals surface area contributed by atoms with Crippen molar-refractivity contribution in [3.05, 3.63) is 18.3 Å². The molecule has 1 spiro atoms. The Labute approximate surface area is 123 Å². The first kappa shape index (κ1) is 13.0. The molecule has 1 aromatic heterocycles. The SMILES string of the molecule is O=C(Nc1cccnn1)NC1C2CCOC2C12CCCC2. The lowest BCUT2D eigenvalue weighted by Gasteiger charge is -2.56. The summed E-state index contributed by atoms with van der Waals surface area (Å²) in [4.78, 5) is 12.2. The molecule has 2 N–H and O–H groups in total. The first-order valence-electron chi connectivity index (χ1n) is 7.76. The van der Waals surface area contributed by atoms with Gasteiger partial charge in [-0.15, -0.1) is 5.10 Å². The minimum Gasteiger partial charge on any atom is -0.377 e. The van der Waals surface area contributed by atoms with Gasteiger partial charge in [-0.25, -0.2) is 4.79 Å². The van der Waals surface area contributed by atoms with Crippen molar-refractivity contribution in [1.29, 1.82) is 0 Å². The third-order valence-corrected chi connectivity index (χ3v) is 5.39. The van der Waals surface area contributed by atoms with E-state index in [9.17, 15) is 4.79 Å². The average Bonchev–Trinajstić information content (AvgIpc) is 3.14. The van der Waals surface area contributed by atoms with Crippen molar-refractivity contribution in [2.75, 3.05) is 11.9 Å². The van der Waals surface area contributed by atoms with E-state index in [-0.39, 0.29) is 17.5 Å². The van der Waals surface area contributed by atoms with Crippen molar-refractivity contribution in [3.8, 4) is 0 Å². The zero-order chi connectivity index (χ0) is 14.3. The summed E-state index contributed by atoms with van der Waals surface area (Å²) in [5.74, 6) is 0.963. The number of fused-ring (bicyclic) bond motifs is 2. The topological polar surface area (TPSA) is 76.1 Å². The lowest BCUT2D eigenvalue weighted by molar-refractivity contribution is -0.125. The Bertz CT molecular complexity index is 530. The number of rotatable bonds is 2. The monoisotopic (exact) mass is 288 g/mol. The number of nitrogens with zero attached hydrogens (tertiary/aromatic N) is 2. The highest BCUT2D eigenvalue weighted by Crippen LogP contribution is 2.60. The van der Waals surface area contributed by atoms with E-state index in [0.717, 1.165) is 13.0 Å². The van der Waals surface area contributed by atoms with E-state index in [0.29, 0.717) is 17.8 Å². The summed E-state index contributed by atoms with van der Waals surface area (Å²) in [5.41, 5.74) is 0.181. The van der Waals surface area contributed by atoms with Crippen molar-refractivity contribution in [3.63, 3.8) is 0 Å². The Hall–Kier alpha value is -1.69. The maximum Gasteiger partial charge on any atom is 0.320 e. The lowest BCUT2D eigenvalue weighted by atomic mass is 9.54. The summed E-state index contributed by atoms with van der Waals surface area (Å²) in [6.45, 7) is 0.834. The quantitative estimate of drug-likeness (QED) is 0.872. The third kappa shape index (κ3) is 2.00. The van der Waals surface area contributed by atoms with Gasteiger partial charge in [0.05, 0.1) is 6.10 Å². The predicted octanol–water partition coefficient (Wildman–Crippen LogP) is 1.95. The largest absolute Gasteiger partial charge is 0.377 e. The lowest BCUT2D eigenvalue weighted by Crippen LogP contribution is -2.68. The van der Waals surface area contributed by atoms with Gasteiger partial charge in [0.2, 0.25) is 0 Å². The zero-order valence-corrected chi connectivity index (χ0v) is 11.9. The average molecular weight is 288 g/mol. The Morgan fingerprint density at radius 1 is 1.38 bits per heavy atom. The Morgan fingerprint density at radius 2 is 2.24 bits per heavy atom. The van der Waals surface area contributed by atoms with Gasteiger partial charge in [-0.3, -0.25) is 5.32 Å². The number of nitrogens with one attached hydrogen (secondary N) is 2. The number of carbonyl (C=O) groups is 1.